The SMILES string of the molecule is CC1(C)c2cc(-c3ccc(-c4ccc5c6ccccc6c6nccnc6c5c4)cc3)ccc2-c2ccc(-c3ccc4c(c3)c3ccccc3n4-c3ccccc3)cc21. The molecule has 272 valence electrons. The monoisotopic (exact) mass is 739 g/mol. The second-order valence-electron chi connectivity index (χ2n) is 16.2. The van der Waals surface area contributed by atoms with E-state index in [4.69, 9.17) is 9.97 Å². The summed E-state index contributed by atoms with van der Waals surface area (Å²) in [5.41, 5.74) is 18.0. The highest BCUT2D eigenvalue weighted by molar-refractivity contribution is 6.23. The summed E-state index contributed by atoms with van der Waals surface area (Å²) in [6.07, 6.45) is 3.58. The molecule has 0 unspecified atom stereocenters. The van der Waals surface area contributed by atoms with Crippen molar-refractivity contribution in [2.24, 2.45) is 0 Å². The van der Waals surface area contributed by atoms with Crippen LogP contribution in [0.25, 0.3) is 105 Å². The maximum absolute atomic E-state index is 4.79. The van der Waals surface area contributed by atoms with E-state index in [9.17, 15) is 0 Å². The first-order valence-corrected chi connectivity index (χ1v) is 20.1. The molecule has 3 heteroatoms. The van der Waals surface area contributed by atoms with Gasteiger partial charge in [0.1, 0.15) is 0 Å². The highest BCUT2D eigenvalue weighted by Crippen LogP contribution is 2.51. The maximum Gasteiger partial charge on any atom is 0.0971 e. The number of rotatable bonds is 4. The minimum absolute atomic E-state index is 0.148. The molecule has 0 fully saturated rings. The zero-order valence-electron chi connectivity index (χ0n) is 32.2. The van der Waals surface area contributed by atoms with Crippen molar-refractivity contribution in [3.63, 3.8) is 0 Å². The van der Waals surface area contributed by atoms with Crippen molar-refractivity contribution < 1.29 is 0 Å². The summed E-state index contributed by atoms with van der Waals surface area (Å²) in [5.74, 6) is 0. The predicted molar refractivity (Wildman–Crippen MR) is 243 cm³/mol. The Labute approximate surface area is 336 Å². The molecule has 0 aliphatic heterocycles. The number of aromatic nitrogens is 3. The minimum atomic E-state index is -0.148. The van der Waals surface area contributed by atoms with Crippen LogP contribution in [0, 0.1) is 0 Å². The Morgan fingerprint density at radius 1 is 0.362 bits per heavy atom. The van der Waals surface area contributed by atoms with Gasteiger partial charge in [-0.3, -0.25) is 9.97 Å². The number of para-hydroxylation sites is 2. The Hall–Kier alpha value is -7.36. The molecular weight excluding hydrogens is 703 g/mol. The van der Waals surface area contributed by atoms with E-state index in [0.29, 0.717) is 0 Å². The minimum Gasteiger partial charge on any atom is -0.309 e. The summed E-state index contributed by atoms with van der Waals surface area (Å²) in [7, 11) is 0. The fraction of sp³-hybridized carbons (Fsp3) is 0.0545. The Morgan fingerprint density at radius 3 is 1.53 bits per heavy atom. The average molecular weight is 740 g/mol. The Bertz CT molecular complexity index is 3430. The predicted octanol–water partition coefficient (Wildman–Crippen LogP) is 14.3. The highest BCUT2D eigenvalue weighted by Gasteiger charge is 2.36. The fourth-order valence-corrected chi connectivity index (χ4v) is 9.77. The molecule has 0 saturated heterocycles. The molecule has 0 spiro atoms. The van der Waals surface area contributed by atoms with Gasteiger partial charge in [0.15, 0.2) is 0 Å². The summed E-state index contributed by atoms with van der Waals surface area (Å²) >= 11 is 0. The van der Waals surface area contributed by atoms with E-state index < -0.39 is 0 Å². The van der Waals surface area contributed by atoms with Crippen molar-refractivity contribution >= 4 is 54.4 Å². The van der Waals surface area contributed by atoms with E-state index in [1.165, 1.54) is 93.9 Å². The molecule has 0 atom stereocenters. The lowest BCUT2D eigenvalue weighted by Crippen LogP contribution is -2.15. The number of hydrogen-bond donors (Lipinski definition) is 0. The van der Waals surface area contributed by atoms with E-state index in [0.717, 1.165) is 21.8 Å². The lowest BCUT2D eigenvalue weighted by Gasteiger charge is -2.22. The lowest BCUT2D eigenvalue weighted by molar-refractivity contribution is 0.661. The topological polar surface area (TPSA) is 30.7 Å². The van der Waals surface area contributed by atoms with Gasteiger partial charge < -0.3 is 4.57 Å². The van der Waals surface area contributed by atoms with Crippen LogP contribution < -0.4 is 0 Å². The number of hydrogen-bond acceptors (Lipinski definition) is 2. The van der Waals surface area contributed by atoms with Crippen molar-refractivity contribution in [2.75, 3.05) is 0 Å². The van der Waals surface area contributed by atoms with Crippen molar-refractivity contribution in [3.8, 4) is 50.2 Å². The molecule has 0 radical (unpaired) electrons. The van der Waals surface area contributed by atoms with Crippen LogP contribution in [-0.4, -0.2) is 14.5 Å². The summed E-state index contributed by atoms with van der Waals surface area (Å²) in [5, 5.41) is 7.21. The molecule has 0 bridgehead atoms. The Morgan fingerprint density at radius 2 is 0.828 bits per heavy atom. The van der Waals surface area contributed by atoms with Gasteiger partial charge in [0.05, 0.1) is 22.1 Å². The van der Waals surface area contributed by atoms with Gasteiger partial charge in [0.2, 0.25) is 0 Å². The zero-order chi connectivity index (χ0) is 38.5. The first-order chi connectivity index (χ1) is 28.5. The number of nitrogens with zero attached hydrogens (tertiary/aromatic N) is 3. The van der Waals surface area contributed by atoms with Crippen LogP contribution >= 0.6 is 0 Å². The van der Waals surface area contributed by atoms with Crippen LogP contribution in [0.1, 0.15) is 25.0 Å². The standard InChI is InChI=1S/C55H37N3/c1-55(2)49-32-38(35-18-16-34(17-19-35)36-20-24-42-41-12-6-7-14-46(41)53-54(48(42)31-36)57-29-28-56-53)21-25-43(49)44-26-22-39(33-50(44)55)37-23-27-52-47(30-37)45-13-8-9-15-51(45)58(52)40-10-4-3-5-11-40/h3-33H,1-2H3. The van der Waals surface area contributed by atoms with E-state index in [2.05, 4.69) is 194 Å². The Balaban J connectivity index is 0.882. The molecule has 0 saturated carbocycles. The smallest absolute Gasteiger partial charge is 0.0971 e. The maximum atomic E-state index is 4.79. The molecule has 3 nitrogen and oxygen atoms in total. The molecule has 1 aliphatic carbocycles. The summed E-state index contributed by atoms with van der Waals surface area (Å²) in [6, 6.07) is 64.8. The molecule has 12 rings (SSSR count). The molecule has 0 amide bonds. The highest BCUT2D eigenvalue weighted by atomic mass is 15.0. The number of fused-ring (bicyclic) bond motifs is 12. The van der Waals surface area contributed by atoms with E-state index in [1.807, 2.05) is 0 Å². The molecule has 9 aromatic carbocycles. The summed E-state index contributed by atoms with van der Waals surface area (Å²) < 4.78 is 2.38. The third-order valence-electron chi connectivity index (χ3n) is 12.7. The number of benzene rings is 9. The normalized spacial score (nSPS) is 13.1. The molecule has 1 aliphatic rings. The molecular formula is C55H37N3. The van der Waals surface area contributed by atoms with Crippen LogP contribution in [0.3, 0.4) is 0 Å². The largest absolute Gasteiger partial charge is 0.309 e. The van der Waals surface area contributed by atoms with Gasteiger partial charge in [-0.15, -0.1) is 0 Å². The van der Waals surface area contributed by atoms with Crippen molar-refractivity contribution in [3.05, 3.63) is 199 Å². The van der Waals surface area contributed by atoms with Gasteiger partial charge in [-0.2, -0.15) is 0 Å². The molecule has 58 heavy (non-hydrogen) atoms. The average Bonchev–Trinajstić information content (AvgIpc) is 3.74. The second-order valence-corrected chi connectivity index (χ2v) is 16.2. The van der Waals surface area contributed by atoms with Crippen LogP contribution in [0.2, 0.25) is 0 Å². The lowest BCUT2D eigenvalue weighted by atomic mass is 9.80. The van der Waals surface area contributed by atoms with Gasteiger partial charge in [0.25, 0.3) is 0 Å². The molecule has 11 aromatic rings. The van der Waals surface area contributed by atoms with Crippen LogP contribution in [0.5, 0.6) is 0 Å². The summed E-state index contributed by atoms with van der Waals surface area (Å²) in [4.78, 5) is 9.53. The molecule has 0 N–H and O–H groups in total. The van der Waals surface area contributed by atoms with Gasteiger partial charge >= 0.3 is 0 Å². The van der Waals surface area contributed by atoms with E-state index in [-0.39, 0.29) is 5.41 Å². The van der Waals surface area contributed by atoms with Gasteiger partial charge in [-0.1, -0.05) is 141 Å². The first kappa shape index (κ1) is 32.8. The van der Waals surface area contributed by atoms with E-state index >= 15 is 0 Å². The van der Waals surface area contributed by atoms with Crippen LogP contribution in [0.15, 0.2) is 188 Å². The second kappa shape index (κ2) is 12.3. The quantitative estimate of drug-likeness (QED) is 0.168. The molecule has 2 aromatic heterocycles. The van der Waals surface area contributed by atoms with Crippen molar-refractivity contribution in [1.82, 2.24) is 14.5 Å². The van der Waals surface area contributed by atoms with Gasteiger partial charge in [-0.05, 0) is 115 Å². The fourth-order valence-electron chi connectivity index (χ4n) is 9.77. The summed E-state index contributed by atoms with van der Waals surface area (Å²) in [6.45, 7) is 4.75. The van der Waals surface area contributed by atoms with E-state index in [1.54, 1.807) is 12.4 Å². The van der Waals surface area contributed by atoms with Crippen LogP contribution in [-0.2, 0) is 5.41 Å². The Kier molecular flexibility index (Phi) is 6.98. The first-order valence-electron chi connectivity index (χ1n) is 20.1. The van der Waals surface area contributed by atoms with Crippen LogP contribution in [0.4, 0.5) is 0 Å². The van der Waals surface area contributed by atoms with Gasteiger partial charge in [-0.25, -0.2) is 0 Å². The van der Waals surface area contributed by atoms with Crippen molar-refractivity contribution in [1.29, 1.82) is 0 Å². The zero-order valence-corrected chi connectivity index (χ0v) is 32.2. The molecule has 2 heterocycles. The third-order valence-corrected chi connectivity index (χ3v) is 12.7. The van der Waals surface area contributed by atoms with Gasteiger partial charge in [0, 0.05) is 45.0 Å². The third kappa shape index (κ3) is 4.80. The van der Waals surface area contributed by atoms with Crippen molar-refractivity contribution in [2.45, 2.75) is 19.3 Å².